The van der Waals surface area contributed by atoms with Crippen LogP contribution in [-0.4, -0.2) is 12.7 Å². The number of rotatable bonds is 2. The van der Waals surface area contributed by atoms with Gasteiger partial charge >= 0.3 is 0 Å². The normalized spacial score (nSPS) is 44.3. The molecule has 3 aliphatic carbocycles. The molecule has 0 aromatic carbocycles. The van der Waals surface area contributed by atoms with Crippen LogP contribution in [0.4, 0.5) is 0 Å². The van der Waals surface area contributed by atoms with Gasteiger partial charge in [-0.3, -0.25) is 0 Å². The van der Waals surface area contributed by atoms with Gasteiger partial charge in [0.15, 0.2) is 0 Å². The predicted molar refractivity (Wildman–Crippen MR) is 54.7 cm³/mol. The summed E-state index contributed by atoms with van der Waals surface area (Å²) >= 11 is 0. The summed E-state index contributed by atoms with van der Waals surface area (Å²) in [6.07, 6.45) is 8.20. The molecule has 0 aliphatic heterocycles. The van der Waals surface area contributed by atoms with Gasteiger partial charge in [-0.05, 0) is 37.0 Å². The lowest BCUT2D eigenvalue weighted by Gasteiger charge is -2.56. The third-order valence-corrected chi connectivity index (χ3v) is 4.56. The lowest BCUT2D eigenvalue weighted by atomic mass is 9.53. The Morgan fingerprint density at radius 1 is 1.08 bits per heavy atom. The Labute approximate surface area is 81.9 Å². The molecule has 0 radical (unpaired) electrons. The molecule has 3 rings (SSSR count). The van der Waals surface area contributed by atoms with Crippen LogP contribution in [0.3, 0.4) is 0 Å². The van der Waals surface area contributed by atoms with E-state index in [2.05, 4.69) is 13.8 Å². The van der Waals surface area contributed by atoms with Gasteiger partial charge in [0, 0.05) is 7.11 Å². The average Bonchev–Trinajstić information content (AvgIpc) is 2.32. The van der Waals surface area contributed by atoms with E-state index in [1.165, 1.54) is 38.5 Å². The zero-order valence-electron chi connectivity index (χ0n) is 9.23. The summed E-state index contributed by atoms with van der Waals surface area (Å²) in [5.41, 5.74) is 0.938. The van der Waals surface area contributed by atoms with E-state index in [1.54, 1.807) is 0 Å². The first-order valence-electron chi connectivity index (χ1n) is 5.68. The van der Waals surface area contributed by atoms with Crippen molar-refractivity contribution in [1.82, 2.24) is 0 Å². The number of methoxy groups -OCH3 is 1. The molecular weight excluding hydrogens is 160 g/mol. The van der Waals surface area contributed by atoms with E-state index in [-0.39, 0.29) is 0 Å². The average molecular weight is 182 g/mol. The molecule has 0 amide bonds. The van der Waals surface area contributed by atoms with Crippen molar-refractivity contribution in [2.45, 2.75) is 58.0 Å². The Morgan fingerprint density at radius 3 is 2.23 bits per heavy atom. The molecule has 1 heteroatoms. The maximum Gasteiger partial charge on any atom is 0.0689 e. The summed E-state index contributed by atoms with van der Waals surface area (Å²) in [5, 5.41) is 0. The maximum absolute atomic E-state index is 5.70. The van der Waals surface area contributed by atoms with Crippen LogP contribution < -0.4 is 0 Å². The van der Waals surface area contributed by atoms with Crippen molar-refractivity contribution in [3.05, 3.63) is 0 Å². The smallest absolute Gasteiger partial charge is 0.0689 e. The lowest BCUT2D eigenvalue weighted by molar-refractivity contribution is -0.165. The van der Waals surface area contributed by atoms with Gasteiger partial charge in [0.25, 0.3) is 0 Å². The van der Waals surface area contributed by atoms with Crippen molar-refractivity contribution >= 4 is 0 Å². The number of hydrogen-bond donors (Lipinski definition) is 0. The van der Waals surface area contributed by atoms with Crippen LogP contribution in [-0.2, 0) is 4.74 Å². The molecule has 0 unspecified atom stereocenters. The summed E-state index contributed by atoms with van der Waals surface area (Å²) in [6.45, 7) is 4.76. The molecule has 2 bridgehead atoms. The van der Waals surface area contributed by atoms with Crippen molar-refractivity contribution in [2.75, 3.05) is 7.11 Å². The van der Waals surface area contributed by atoms with Gasteiger partial charge < -0.3 is 4.74 Å². The highest BCUT2D eigenvalue weighted by atomic mass is 16.5. The summed E-state index contributed by atoms with van der Waals surface area (Å²) in [4.78, 5) is 0. The molecule has 3 aliphatic rings. The molecule has 0 saturated heterocycles. The highest BCUT2D eigenvalue weighted by Gasteiger charge is 2.56. The van der Waals surface area contributed by atoms with Crippen molar-refractivity contribution in [3.63, 3.8) is 0 Å². The Kier molecular flexibility index (Phi) is 2.18. The topological polar surface area (TPSA) is 9.23 Å². The van der Waals surface area contributed by atoms with E-state index >= 15 is 0 Å². The van der Waals surface area contributed by atoms with E-state index < -0.39 is 0 Å². The zero-order chi connectivity index (χ0) is 9.53. The van der Waals surface area contributed by atoms with E-state index in [1.807, 2.05) is 7.11 Å². The Morgan fingerprint density at radius 2 is 1.69 bits per heavy atom. The minimum atomic E-state index is 0.292. The Balaban J connectivity index is 2.12. The van der Waals surface area contributed by atoms with Gasteiger partial charge in [-0.1, -0.05) is 26.7 Å². The van der Waals surface area contributed by atoms with Crippen LogP contribution in [0.5, 0.6) is 0 Å². The Bertz CT molecular complexity index is 189. The fraction of sp³-hybridized carbons (Fsp3) is 1.00. The Hall–Kier alpha value is -0.0400. The van der Waals surface area contributed by atoms with Gasteiger partial charge in [0.05, 0.1) is 5.60 Å². The fourth-order valence-corrected chi connectivity index (χ4v) is 3.45. The second kappa shape index (κ2) is 2.98. The lowest BCUT2D eigenvalue weighted by Crippen LogP contribution is -2.54. The third-order valence-electron chi connectivity index (χ3n) is 4.56. The monoisotopic (exact) mass is 182 g/mol. The molecule has 3 fully saturated rings. The predicted octanol–water partition coefficient (Wildman–Crippen LogP) is 3.38. The van der Waals surface area contributed by atoms with Gasteiger partial charge in [0.2, 0.25) is 0 Å². The molecule has 76 valence electrons. The first kappa shape index (κ1) is 9.51. The molecule has 0 heterocycles. The van der Waals surface area contributed by atoms with Crippen LogP contribution in [0.1, 0.15) is 52.4 Å². The van der Waals surface area contributed by atoms with Gasteiger partial charge in [-0.15, -0.1) is 0 Å². The van der Waals surface area contributed by atoms with Crippen LogP contribution >= 0.6 is 0 Å². The first-order chi connectivity index (χ1) is 6.13. The largest absolute Gasteiger partial charge is 0.378 e. The zero-order valence-corrected chi connectivity index (χ0v) is 9.23. The SMILES string of the molecule is COC12CCCCC(C(C)C)(C1)C2. The van der Waals surface area contributed by atoms with Crippen molar-refractivity contribution in [1.29, 1.82) is 0 Å². The quantitative estimate of drug-likeness (QED) is 0.636. The molecule has 0 aromatic rings. The van der Waals surface area contributed by atoms with Crippen LogP contribution in [0.15, 0.2) is 0 Å². The van der Waals surface area contributed by atoms with Gasteiger partial charge in [-0.2, -0.15) is 0 Å². The summed E-state index contributed by atoms with van der Waals surface area (Å²) < 4.78 is 5.70. The minimum absolute atomic E-state index is 0.292. The van der Waals surface area contributed by atoms with Gasteiger partial charge in [-0.25, -0.2) is 0 Å². The highest BCUT2D eigenvalue weighted by molar-refractivity contribution is 5.08. The number of hydrogen-bond acceptors (Lipinski definition) is 1. The van der Waals surface area contributed by atoms with E-state index in [4.69, 9.17) is 4.74 Å². The second-order valence-electron chi connectivity index (χ2n) is 5.46. The molecule has 0 aromatic heterocycles. The minimum Gasteiger partial charge on any atom is -0.378 e. The van der Waals surface area contributed by atoms with Crippen LogP contribution in [0, 0.1) is 11.3 Å². The van der Waals surface area contributed by atoms with Crippen molar-refractivity contribution < 1.29 is 4.74 Å². The van der Waals surface area contributed by atoms with Crippen molar-refractivity contribution in [3.8, 4) is 0 Å². The first-order valence-corrected chi connectivity index (χ1v) is 5.68. The molecule has 3 saturated carbocycles. The standard InChI is InChI=1S/C12H22O/c1-10(2)11-6-4-5-7-12(8-11,9-11)13-3/h10H,4-9H2,1-3H3. The van der Waals surface area contributed by atoms with E-state index in [0.29, 0.717) is 11.0 Å². The summed E-state index contributed by atoms with van der Waals surface area (Å²) in [7, 11) is 1.90. The summed E-state index contributed by atoms with van der Waals surface area (Å²) in [6, 6.07) is 0. The number of fused-ring (bicyclic) bond motifs is 3. The second-order valence-corrected chi connectivity index (χ2v) is 5.46. The molecule has 1 nitrogen and oxygen atoms in total. The number of ether oxygens (including phenoxy) is 1. The van der Waals surface area contributed by atoms with Crippen molar-refractivity contribution in [2.24, 2.45) is 11.3 Å². The van der Waals surface area contributed by atoms with Gasteiger partial charge in [0.1, 0.15) is 0 Å². The van der Waals surface area contributed by atoms with E-state index in [9.17, 15) is 0 Å². The molecule has 0 spiro atoms. The maximum atomic E-state index is 5.70. The fourth-order valence-electron chi connectivity index (χ4n) is 3.45. The van der Waals surface area contributed by atoms with Crippen LogP contribution in [0.25, 0.3) is 0 Å². The molecular formula is C12H22O. The molecule has 0 N–H and O–H groups in total. The molecule has 0 atom stereocenters. The van der Waals surface area contributed by atoms with Crippen LogP contribution in [0.2, 0.25) is 0 Å². The molecule has 13 heavy (non-hydrogen) atoms. The van der Waals surface area contributed by atoms with E-state index in [0.717, 1.165) is 5.92 Å². The third kappa shape index (κ3) is 1.32. The highest BCUT2D eigenvalue weighted by Crippen LogP contribution is 2.61. The summed E-state index contributed by atoms with van der Waals surface area (Å²) in [5.74, 6) is 0.842.